The molecule has 0 saturated heterocycles. The van der Waals surface area contributed by atoms with Gasteiger partial charge < -0.3 is 4.90 Å². The van der Waals surface area contributed by atoms with Gasteiger partial charge in [-0.2, -0.15) is 0 Å². The maximum absolute atomic E-state index is 2.62. The molecule has 2 aliphatic rings. The first kappa shape index (κ1) is 35.9. The topological polar surface area (TPSA) is 3.24 Å². The number of rotatable bonds is 5. The van der Waals surface area contributed by atoms with Gasteiger partial charge in [0.15, 0.2) is 0 Å². The molecule has 0 amide bonds. The lowest BCUT2D eigenvalue weighted by molar-refractivity contribution is 0.294. The quantitative estimate of drug-likeness (QED) is 0.124. The van der Waals surface area contributed by atoms with E-state index in [1.165, 1.54) is 81.7 Å². The molecule has 12 rings (SSSR count). The highest BCUT2D eigenvalue weighted by molar-refractivity contribution is 6.24. The van der Waals surface area contributed by atoms with Crippen molar-refractivity contribution in [2.75, 3.05) is 4.90 Å². The third-order valence-electron chi connectivity index (χ3n) is 14.4. The molecule has 0 heterocycles. The molecule has 0 saturated carbocycles. The molecule has 0 N–H and O–H groups in total. The number of anilines is 3. The summed E-state index contributed by atoms with van der Waals surface area (Å²) in [5, 5.41) is 12.7. The lowest BCUT2D eigenvalue weighted by Gasteiger charge is -2.34. The molecule has 1 nitrogen and oxygen atoms in total. The minimum atomic E-state index is -0.00628. The SMILES string of the molecule is CC1CC=CC2C1c1c(cc(-c3c4ccccc4c(-c4ccccc4)c4ccc(N(c5ccc6ccccc6c5)c5ccc6ccccc6c5)cc34)c3ccccc13)C2(C)C. The number of allylic oxidation sites excluding steroid dienone is 2. The fourth-order valence-electron chi connectivity index (χ4n) is 11.5. The third-order valence-corrected chi connectivity index (χ3v) is 14.4. The molecule has 0 aromatic heterocycles. The van der Waals surface area contributed by atoms with Crippen molar-refractivity contribution >= 4 is 70.9 Å². The molecule has 292 valence electrons. The summed E-state index contributed by atoms with van der Waals surface area (Å²) in [5.41, 5.74) is 11.6. The summed E-state index contributed by atoms with van der Waals surface area (Å²) in [6, 6.07) is 70.5. The normalized spacial score (nSPS) is 17.9. The summed E-state index contributed by atoms with van der Waals surface area (Å²) in [6.45, 7) is 7.46. The van der Waals surface area contributed by atoms with Gasteiger partial charge in [0, 0.05) is 17.1 Å². The molecule has 0 bridgehead atoms. The van der Waals surface area contributed by atoms with E-state index in [-0.39, 0.29) is 5.41 Å². The van der Waals surface area contributed by atoms with Gasteiger partial charge in [0.05, 0.1) is 0 Å². The molecule has 1 heteroatoms. The van der Waals surface area contributed by atoms with Gasteiger partial charge in [0.1, 0.15) is 0 Å². The van der Waals surface area contributed by atoms with Crippen LogP contribution in [-0.2, 0) is 5.41 Å². The van der Waals surface area contributed by atoms with Gasteiger partial charge in [-0.1, -0.05) is 179 Å². The Labute approximate surface area is 358 Å². The molecule has 10 aromatic rings. The average Bonchev–Trinajstić information content (AvgIpc) is 3.54. The number of fused-ring (bicyclic) bond motifs is 9. The van der Waals surface area contributed by atoms with Crippen LogP contribution in [0.4, 0.5) is 17.1 Å². The summed E-state index contributed by atoms with van der Waals surface area (Å²) in [7, 11) is 0. The minimum absolute atomic E-state index is 0.00628. The van der Waals surface area contributed by atoms with E-state index < -0.39 is 0 Å². The van der Waals surface area contributed by atoms with Crippen molar-refractivity contribution in [2.45, 2.75) is 38.5 Å². The Morgan fingerprint density at radius 3 is 1.66 bits per heavy atom. The van der Waals surface area contributed by atoms with Crippen molar-refractivity contribution in [3.63, 3.8) is 0 Å². The van der Waals surface area contributed by atoms with Gasteiger partial charge in [0.2, 0.25) is 0 Å². The lowest BCUT2D eigenvalue weighted by atomic mass is 9.69. The Morgan fingerprint density at radius 2 is 0.984 bits per heavy atom. The van der Waals surface area contributed by atoms with Gasteiger partial charge in [-0.3, -0.25) is 0 Å². The highest BCUT2D eigenvalue weighted by Crippen LogP contribution is 2.60. The van der Waals surface area contributed by atoms with Crippen molar-refractivity contribution in [3.05, 3.63) is 211 Å². The molecular formula is C60H47N. The first-order valence-corrected chi connectivity index (χ1v) is 22.0. The van der Waals surface area contributed by atoms with Gasteiger partial charge in [0.25, 0.3) is 0 Å². The molecule has 3 unspecified atom stereocenters. The second-order valence-corrected chi connectivity index (χ2v) is 18.1. The Morgan fingerprint density at radius 1 is 0.459 bits per heavy atom. The molecule has 3 atom stereocenters. The van der Waals surface area contributed by atoms with Crippen LogP contribution < -0.4 is 4.90 Å². The largest absolute Gasteiger partial charge is 0.310 e. The van der Waals surface area contributed by atoms with Crippen LogP contribution in [-0.4, -0.2) is 0 Å². The van der Waals surface area contributed by atoms with E-state index in [9.17, 15) is 0 Å². The zero-order valence-corrected chi connectivity index (χ0v) is 34.9. The van der Waals surface area contributed by atoms with Gasteiger partial charge in [-0.15, -0.1) is 0 Å². The van der Waals surface area contributed by atoms with Crippen molar-refractivity contribution < 1.29 is 0 Å². The van der Waals surface area contributed by atoms with Crippen LogP contribution in [0.5, 0.6) is 0 Å². The summed E-state index contributed by atoms with van der Waals surface area (Å²) < 4.78 is 0. The van der Waals surface area contributed by atoms with Crippen LogP contribution in [0.3, 0.4) is 0 Å². The van der Waals surface area contributed by atoms with Crippen LogP contribution in [0.2, 0.25) is 0 Å². The van der Waals surface area contributed by atoms with Crippen LogP contribution in [0, 0.1) is 11.8 Å². The van der Waals surface area contributed by atoms with Gasteiger partial charge in [-0.25, -0.2) is 0 Å². The second-order valence-electron chi connectivity index (χ2n) is 18.1. The lowest BCUT2D eigenvalue weighted by Crippen LogP contribution is -2.28. The Hall–Kier alpha value is -6.96. The summed E-state index contributed by atoms with van der Waals surface area (Å²) in [5.74, 6) is 1.57. The Kier molecular flexibility index (Phi) is 8.13. The van der Waals surface area contributed by atoms with E-state index in [1.54, 1.807) is 5.56 Å². The monoisotopic (exact) mass is 781 g/mol. The predicted molar refractivity (Wildman–Crippen MR) is 262 cm³/mol. The van der Waals surface area contributed by atoms with Crippen LogP contribution in [0.15, 0.2) is 200 Å². The Bertz CT molecular complexity index is 3330. The highest BCUT2D eigenvalue weighted by atomic mass is 15.1. The van der Waals surface area contributed by atoms with E-state index in [4.69, 9.17) is 0 Å². The van der Waals surface area contributed by atoms with Gasteiger partial charge in [-0.05, 0) is 159 Å². The minimum Gasteiger partial charge on any atom is -0.310 e. The first-order chi connectivity index (χ1) is 29.9. The van der Waals surface area contributed by atoms with Gasteiger partial charge >= 0.3 is 0 Å². The van der Waals surface area contributed by atoms with Crippen LogP contribution >= 0.6 is 0 Å². The molecule has 0 spiro atoms. The molecule has 10 aromatic carbocycles. The van der Waals surface area contributed by atoms with Crippen LogP contribution in [0.1, 0.15) is 44.2 Å². The fourth-order valence-corrected chi connectivity index (χ4v) is 11.5. The summed E-state index contributed by atoms with van der Waals surface area (Å²) in [6.07, 6.45) is 6.12. The molecule has 0 fully saturated rings. The molecule has 2 aliphatic carbocycles. The standard InChI is InChI=1S/C60H47N/c1-38-16-15-27-54-56(38)59-48-24-12-11-23-47(48)53(37-55(59)60(54,2)3)58-50-26-14-13-25-49(50)57(41-19-5-4-6-20-41)51-33-32-46(36-52(51)58)61(44-30-28-39-17-7-9-21-42(39)34-44)45-31-29-40-18-8-10-22-43(40)35-45/h4-15,17-38,54,56H,16H2,1-3H3. The predicted octanol–water partition coefficient (Wildman–Crippen LogP) is 16.8. The summed E-state index contributed by atoms with van der Waals surface area (Å²) in [4.78, 5) is 2.46. The zero-order chi connectivity index (χ0) is 40.8. The molecule has 0 aliphatic heterocycles. The summed E-state index contributed by atoms with van der Waals surface area (Å²) >= 11 is 0. The van der Waals surface area contributed by atoms with Crippen LogP contribution in [0.25, 0.3) is 76.1 Å². The first-order valence-electron chi connectivity index (χ1n) is 22.0. The van der Waals surface area contributed by atoms with E-state index >= 15 is 0 Å². The number of benzene rings is 10. The molecule has 61 heavy (non-hydrogen) atoms. The van der Waals surface area contributed by atoms with E-state index in [1.807, 2.05) is 0 Å². The number of hydrogen-bond acceptors (Lipinski definition) is 1. The van der Waals surface area contributed by atoms with E-state index in [0.717, 1.165) is 23.5 Å². The van der Waals surface area contributed by atoms with Crippen molar-refractivity contribution in [1.82, 2.24) is 0 Å². The Balaban J connectivity index is 1.20. The number of nitrogens with zero attached hydrogens (tertiary/aromatic N) is 1. The van der Waals surface area contributed by atoms with E-state index in [2.05, 4.69) is 226 Å². The molecular weight excluding hydrogens is 735 g/mol. The maximum Gasteiger partial charge on any atom is 0.0468 e. The zero-order valence-electron chi connectivity index (χ0n) is 34.9. The second kappa shape index (κ2) is 13.8. The van der Waals surface area contributed by atoms with E-state index in [0.29, 0.717) is 17.8 Å². The smallest absolute Gasteiger partial charge is 0.0468 e. The maximum atomic E-state index is 2.62. The van der Waals surface area contributed by atoms with Crippen molar-refractivity contribution in [3.8, 4) is 22.3 Å². The fraction of sp³-hybridized carbons (Fsp3) is 0.133. The third kappa shape index (κ3) is 5.53. The van der Waals surface area contributed by atoms with Crippen molar-refractivity contribution in [1.29, 1.82) is 0 Å². The number of hydrogen-bond donors (Lipinski definition) is 0. The average molecular weight is 782 g/mol. The molecule has 0 radical (unpaired) electrons. The van der Waals surface area contributed by atoms with Crippen molar-refractivity contribution in [2.24, 2.45) is 11.8 Å². The highest BCUT2D eigenvalue weighted by Gasteiger charge is 2.49.